The van der Waals surface area contributed by atoms with Crippen LogP contribution in [0.2, 0.25) is 10.0 Å². The topological polar surface area (TPSA) is 79.3 Å². The number of hydrogen-bond donors (Lipinski definition) is 0. The molecule has 2 aromatic rings. The molecule has 0 atom stereocenters. The lowest BCUT2D eigenvalue weighted by molar-refractivity contribution is -0.137. The van der Waals surface area contributed by atoms with Gasteiger partial charge in [0, 0.05) is 33.3 Å². The number of imide groups is 1. The monoisotopic (exact) mass is 443 g/mol. The molecule has 152 valence electrons. The molecule has 2 aromatic carbocycles. The second-order valence-electron chi connectivity index (χ2n) is 6.49. The summed E-state index contributed by atoms with van der Waals surface area (Å²) in [5, 5.41) is 2.07. The molecule has 0 aromatic heterocycles. The van der Waals surface area contributed by atoms with E-state index in [2.05, 4.69) is 4.99 Å². The van der Waals surface area contributed by atoms with Gasteiger partial charge in [-0.2, -0.15) is 5.06 Å². The van der Waals surface area contributed by atoms with Gasteiger partial charge in [0.05, 0.1) is 24.6 Å². The van der Waals surface area contributed by atoms with Crippen molar-refractivity contribution in [3.05, 3.63) is 75.8 Å². The van der Waals surface area contributed by atoms with Crippen LogP contribution in [0.3, 0.4) is 0 Å². The van der Waals surface area contributed by atoms with Crippen LogP contribution in [0.15, 0.2) is 59.6 Å². The third-order valence-corrected chi connectivity index (χ3v) is 5.16. The minimum atomic E-state index is -0.415. The first-order valence-corrected chi connectivity index (χ1v) is 9.80. The van der Waals surface area contributed by atoms with Gasteiger partial charge in [-0.15, -0.1) is 0 Å². The number of hydrogen-bond acceptors (Lipinski definition) is 5. The Hall–Kier alpha value is -3.00. The third-order valence-electron chi connectivity index (χ3n) is 4.60. The van der Waals surface area contributed by atoms with Crippen LogP contribution in [0.5, 0.6) is 0 Å². The lowest BCUT2D eigenvalue weighted by Gasteiger charge is -2.23. The van der Waals surface area contributed by atoms with E-state index in [-0.39, 0.29) is 19.7 Å². The zero-order valence-electron chi connectivity index (χ0n) is 15.5. The Morgan fingerprint density at radius 1 is 0.967 bits per heavy atom. The molecule has 0 N–H and O–H groups in total. The molecule has 0 saturated carbocycles. The summed E-state index contributed by atoms with van der Waals surface area (Å²) in [4.78, 5) is 47.3. The molecule has 0 bridgehead atoms. The van der Waals surface area contributed by atoms with Crippen LogP contribution in [0.4, 0.5) is 5.69 Å². The predicted molar refractivity (Wildman–Crippen MR) is 113 cm³/mol. The summed E-state index contributed by atoms with van der Waals surface area (Å²) < 4.78 is 0. The second kappa shape index (κ2) is 8.39. The van der Waals surface area contributed by atoms with E-state index in [9.17, 15) is 14.4 Å². The van der Waals surface area contributed by atoms with Gasteiger partial charge in [-0.25, -0.2) is 0 Å². The lowest BCUT2D eigenvalue weighted by Crippen LogP contribution is -2.38. The van der Waals surface area contributed by atoms with Crippen molar-refractivity contribution >= 4 is 52.3 Å². The molecule has 0 spiro atoms. The highest BCUT2D eigenvalue weighted by molar-refractivity contribution is 6.36. The Bertz CT molecular complexity index is 1100. The van der Waals surface area contributed by atoms with Crippen molar-refractivity contribution in [2.75, 3.05) is 24.8 Å². The van der Waals surface area contributed by atoms with E-state index in [1.54, 1.807) is 30.3 Å². The van der Waals surface area contributed by atoms with Gasteiger partial charge in [-0.3, -0.25) is 29.1 Å². The van der Waals surface area contributed by atoms with E-state index in [1.807, 2.05) is 12.1 Å². The molecule has 2 aliphatic rings. The van der Waals surface area contributed by atoms with E-state index >= 15 is 0 Å². The number of carbonyl (C=O) groups is 3. The fraction of sp³-hybridized carbons (Fsp3) is 0.143. The molecular formula is C21H15Cl2N3O4. The molecule has 4 rings (SSSR count). The first-order chi connectivity index (χ1) is 14.5. The zero-order chi connectivity index (χ0) is 21.3. The van der Waals surface area contributed by atoms with Gasteiger partial charge >= 0.3 is 0 Å². The molecule has 0 fully saturated rings. The Kier molecular flexibility index (Phi) is 5.67. The van der Waals surface area contributed by atoms with Crippen LogP contribution >= 0.6 is 23.2 Å². The molecule has 30 heavy (non-hydrogen) atoms. The van der Waals surface area contributed by atoms with E-state index in [4.69, 9.17) is 28.0 Å². The van der Waals surface area contributed by atoms with E-state index in [0.29, 0.717) is 32.6 Å². The predicted octanol–water partition coefficient (Wildman–Crippen LogP) is 3.03. The van der Waals surface area contributed by atoms with Crippen LogP contribution in [0.1, 0.15) is 11.1 Å². The number of amides is 3. The number of hydroxylamine groups is 1. The van der Waals surface area contributed by atoms with Crippen molar-refractivity contribution in [2.24, 2.45) is 4.99 Å². The number of rotatable bonds is 5. The van der Waals surface area contributed by atoms with Crippen molar-refractivity contribution < 1.29 is 19.2 Å². The molecule has 7 nitrogen and oxygen atoms in total. The van der Waals surface area contributed by atoms with Crippen LogP contribution in [0.25, 0.3) is 0 Å². The highest BCUT2D eigenvalue weighted by Crippen LogP contribution is 2.31. The highest BCUT2D eigenvalue weighted by Gasteiger charge is 2.28. The van der Waals surface area contributed by atoms with E-state index < -0.39 is 17.7 Å². The average Bonchev–Trinajstić information content (AvgIpc) is 2.97. The molecule has 3 amide bonds. The number of carbonyl (C=O) groups excluding carboxylic acids is 3. The summed E-state index contributed by atoms with van der Waals surface area (Å²) in [5.41, 5.74) is 2.21. The fourth-order valence-corrected chi connectivity index (χ4v) is 3.60. The molecule has 0 aliphatic carbocycles. The quantitative estimate of drug-likeness (QED) is 0.665. The number of aliphatic imine (C=N–C) groups is 1. The van der Waals surface area contributed by atoms with E-state index in [1.165, 1.54) is 12.2 Å². The van der Waals surface area contributed by atoms with Gasteiger partial charge in [-0.1, -0.05) is 41.4 Å². The minimum Gasteiger partial charge on any atom is -0.274 e. The molecule has 9 heteroatoms. The van der Waals surface area contributed by atoms with Crippen LogP contribution in [-0.2, 0) is 19.2 Å². The van der Waals surface area contributed by atoms with Gasteiger partial charge in [0.1, 0.15) is 6.54 Å². The maximum Gasteiger partial charge on any atom is 0.272 e. The summed E-state index contributed by atoms with van der Waals surface area (Å²) in [7, 11) is 0. The summed E-state index contributed by atoms with van der Waals surface area (Å²) >= 11 is 12.6. The van der Waals surface area contributed by atoms with Crippen LogP contribution in [0, 0.1) is 0 Å². The minimum absolute atomic E-state index is 0.00952. The van der Waals surface area contributed by atoms with Crippen molar-refractivity contribution in [3.8, 4) is 0 Å². The normalized spacial score (nSPS) is 16.1. The van der Waals surface area contributed by atoms with Crippen LogP contribution in [-0.4, -0.2) is 48.0 Å². The summed E-state index contributed by atoms with van der Waals surface area (Å²) in [5.74, 6) is -1.23. The number of nitrogens with zero attached hydrogens (tertiary/aromatic N) is 3. The third kappa shape index (κ3) is 3.87. The molecular weight excluding hydrogens is 429 g/mol. The second-order valence-corrected chi connectivity index (χ2v) is 7.33. The Morgan fingerprint density at radius 3 is 2.43 bits per heavy atom. The molecule has 0 radical (unpaired) electrons. The number of benzodiazepines with no additional fused rings is 1. The van der Waals surface area contributed by atoms with Gasteiger partial charge in [0.25, 0.3) is 17.7 Å². The fourth-order valence-electron chi connectivity index (χ4n) is 3.21. The summed E-state index contributed by atoms with van der Waals surface area (Å²) in [6, 6.07) is 12.2. The van der Waals surface area contributed by atoms with E-state index in [0.717, 1.165) is 9.96 Å². The standard InChI is InChI=1S/C21H15Cl2N3O4/c22-13-5-6-17-15(11-13)21(14-3-1-2-4-16(14)23)24-12-20(29)26(17)30-10-9-25-18(27)7-8-19(25)28/h1-8,11H,9-10,12H2. The number of benzene rings is 2. The Labute approximate surface area is 182 Å². The Balaban J connectivity index is 1.64. The zero-order valence-corrected chi connectivity index (χ0v) is 17.1. The van der Waals surface area contributed by atoms with Crippen molar-refractivity contribution in [2.45, 2.75) is 0 Å². The number of halogens is 2. The maximum atomic E-state index is 12.7. The van der Waals surface area contributed by atoms with Crippen molar-refractivity contribution in [3.63, 3.8) is 0 Å². The van der Waals surface area contributed by atoms with Gasteiger partial charge in [0.2, 0.25) is 0 Å². The van der Waals surface area contributed by atoms with Gasteiger partial charge in [-0.05, 0) is 24.3 Å². The first-order valence-electron chi connectivity index (χ1n) is 9.04. The smallest absolute Gasteiger partial charge is 0.272 e. The SMILES string of the molecule is O=C1C=CC(=O)N1CCON1C(=O)CN=C(c2ccccc2Cl)c2cc(Cl)ccc21. The largest absolute Gasteiger partial charge is 0.274 e. The van der Waals surface area contributed by atoms with Crippen LogP contribution < -0.4 is 5.06 Å². The Morgan fingerprint density at radius 2 is 1.70 bits per heavy atom. The summed E-state index contributed by atoms with van der Waals surface area (Å²) in [6.45, 7) is -0.222. The van der Waals surface area contributed by atoms with Crippen molar-refractivity contribution in [1.82, 2.24) is 4.90 Å². The molecule has 0 saturated heterocycles. The number of fused-ring (bicyclic) bond motifs is 1. The van der Waals surface area contributed by atoms with Crippen molar-refractivity contribution in [1.29, 1.82) is 0 Å². The van der Waals surface area contributed by atoms with Gasteiger partial charge in [0.15, 0.2) is 0 Å². The highest BCUT2D eigenvalue weighted by atomic mass is 35.5. The molecule has 2 aliphatic heterocycles. The average molecular weight is 444 g/mol. The van der Waals surface area contributed by atoms with Gasteiger partial charge < -0.3 is 0 Å². The summed E-state index contributed by atoms with van der Waals surface area (Å²) in [6.07, 6.45) is 2.39. The maximum absolute atomic E-state index is 12.7. The first kappa shape index (κ1) is 20.3. The number of anilines is 1. The molecule has 0 unspecified atom stereocenters. The molecule has 2 heterocycles. The lowest BCUT2D eigenvalue weighted by atomic mass is 10.0.